The van der Waals surface area contributed by atoms with Gasteiger partial charge in [0.25, 0.3) is 0 Å². The highest BCUT2D eigenvalue weighted by molar-refractivity contribution is 8.00. The van der Waals surface area contributed by atoms with Crippen molar-refractivity contribution in [2.24, 2.45) is 0 Å². The largest absolute Gasteiger partial charge is 0.573 e. The minimum Gasteiger partial charge on any atom is -0.406 e. The Labute approximate surface area is 114 Å². The second-order valence-corrected chi connectivity index (χ2v) is 6.07. The van der Waals surface area contributed by atoms with Crippen molar-refractivity contribution in [3.8, 4) is 5.75 Å². The van der Waals surface area contributed by atoms with Crippen LogP contribution >= 0.6 is 11.8 Å². The summed E-state index contributed by atoms with van der Waals surface area (Å²) >= 11 is 1.63. The van der Waals surface area contributed by atoms with E-state index in [1.807, 2.05) is 6.92 Å². The molecular formula is C13H15F3O2S. The standard InChI is InChI=1S/C13H15F3O2S/c1-9-12(17,6-3-7-19-9)10-4-2-5-11(8-10)18-13(14,15)16/h2,4-5,8-9,17H,3,6-7H2,1H3. The Hall–Kier alpha value is -0.880. The number of halogens is 3. The summed E-state index contributed by atoms with van der Waals surface area (Å²) in [6.07, 6.45) is -3.32. The molecule has 2 rings (SSSR count). The monoisotopic (exact) mass is 292 g/mol. The summed E-state index contributed by atoms with van der Waals surface area (Å²) in [5.41, 5.74) is -0.609. The summed E-state index contributed by atoms with van der Waals surface area (Å²) < 4.78 is 40.5. The number of alkyl halides is 3. The zero-order chi connectivity index (χ0) is 14.1. The van der Waals surface area contributed by atoms with E-state index in [2.05, 4.69) is 4.74 Å². The average molecular weight is 292 g/mol. The molecular weight excluding hydrogens is 277 g/mol. The Balaban J connectivity index is 2.27. The summed E-state index contributed by atoms with van der Waals surface area (Å²) in [7, 11) is 0. The van der Waals surface area contributed by atoms with Gasteiger partial charge in [-0.15, -0.1) is 13.2 Å². The molecule has 1 aromatic carbocycles. The third-order valence-corrected chi connectivity index (χ3v) is 4.72. The van der Waals surface area contributed by atoms with Crippen LogP contribution in [0, 0.1) is 0 Å². The molecule has 0 aromatic heterocycles. The molecule has 19 heavy (non-hydrogen) atoms. The summed E-state index contributed by atoms with van der Waals surface area (Å²) in [6.45, 7) is 1.89. The summed E-state index contributed by atoms with van der Waals surface area (Å²) in [4.78, 5) is 0. The lowest BCUT2D eigenvalue weighted by Gasteiger charge is -2.38. The number of hydrogen-bond donors (Lipinski definition) is 1. The van der Waals surface area contributed by atoms with E-state index in [1.165, 1.54) is 18.2 Å². The molecule has 0 amide bonds. The average Bonchev–Trinajstić information content (AvgIpc) is 2.31. The smallest absolute Gasteiger partial charge is 0.406 e. The topological polar surface area (TPSA) is 29.5 Å². The molecule has 0 bridgehead atoms. The predicted molar refractivity (Wildman–Crippen MR) is 68.2 cm³/mol. The van der Waals surface area contributed by atoms with E-state index in [9.17, 15) is 18.3 Å². The Kier molecular flexibility index (Phi) is 4.01. The third-order valence-electron chi connectivity index (χ3n) is 3.31. The molecule has 1 aliphatic heterocycles. The number of aliphatic hydroxyl groups is 1. The van der Waals surface area contributed by atoms with E-state index in [0.29, 0.717) is 12.0 Å². The lowest BCUT2D eigenvalue weighted by molar-refractivity contribution is -0.274. The number of thioether (sulfide) groups is 1. The first kappa shape index (κ1) is 14.5. The molecule has 1 aliphatic rings. The van der Waals surface area contributed by atoms with E-state index in [4.69, 9.17) is 0 Å². The molecule has 1 fully saturated rings. The molecule has 0 saturated carbocycles. The van der Waals surface area contributed by atoms with Crippen LogP contribution < -0.4 is 4.74 Å². The highest BCUT2D eigenvalue weighted by Gasteiger charge is 2.39. The van der Waals surface area contributed by atoms with Crippen LogP contribution in [-0.4, -0.2) is 22.5 Å². The Morgan fingerprint density at radius 3 is 2.79 bits per heavy atom. The van der Waals surface area contributed by atoms with Crippen molar-refractivity contribution < 1.29 is 23.0 Å². The quantitative estimate of drug-likeness (QED) is 0.901. The normalized spacial score (nSPS) is 28.2. The molecule has 0 spiro atoms. The Bertz CT molecular complexity index is 450. The molecule has 1 heterocycles. The van der Waals surface area contributed by atoms with E-state index >= 15 is 0 Å². The molecule has 1 aromatic rings. The van der Waals surface area contributed by atoms with Crippen molar-refractivity contribution in [3.63, 3.8) is 0 Å². The molecule has 2 unspecified atom stereocenters. The van der Waals surface area contributed by atoms with Crippen molar-refractivity contribution in [2.75, 3.05) is 5.75 Å². The van der Waals surface area contributed by atoms with Crippen molar-refractivity contribution in [3.05, 3.63) is 29.8 Å². The van der Waals surface area contributed by atoms with Gasteiger partial charge in [-0.2, -0.15) is 11.8 Å². The second-order valence-electron chi connectivity index (χ2n) is 4.62. The minimum absolute atomic E-state index is 0.0533. The number of hydrogen-bond acceptors (Lipinski definition) is 3. The van der Waals surface area contributed by atoms with Crippen LogP contribution in [0.5, 0.6) is 5.75 Å². The van der Waals surface area contributed by atoms with Gasteiger partial charge in [-0.1, -0.05) is 19.1 Å². The molecule has 1 saturated heterocycles. The van der Waals surface area contributed by atoms with Gasteiger partial charge in [0.05, 0.1) is 0 Å². The van der Waals surface area contributed by atoms with Crippen LogP contribution in [0.4, 0.5) is 13.2 Å². The van der Waals surface area contributed by atoms with Gasteiger partial charge in [0, 0.05) is 5.25 Å². The van der Waals surface area contributed by atoms with E-state index < -0.39 is 12.0 Å². The van der Waals surface area contributed by atoms with Crippen LogP contribution in [0.3, 0.4) is 0 Å². The number of benzene rings is 1. The molecule has 2 nitrogen and oxygen atoms in total. The van der Waals surface area contributed by atoms with Crippen LogP contribution in [0.1, 0.15) is 25.3 Å². The molecule has 2 atom stereocenters. The Morgan fingerprint density at radius 2 is 2.16 bits per heavy atom. The molecule has 0 aliphatic carbocycles. The van der Waals surface area contributed by atoms with Gasteiger partial charge in [0.1, 0.15) is 11.4 Å². The van der Waals surface area contributed by atoms with Crippen LogP contribution in [-0.2, 0) is 5.60 Å². The first-order valence-corrected chi connectivity index (χ1v) is 7.06. The highest BCUT2D eigenvalue weighted by Crippen LogP contribution is 2.42. The highest BCUT2D eigenvalue weighted by atomic mass is 32.2. The lowest BCUT2D eigenvalue weighted by atomic mass is 9.86. The van der Waals surface area contributed by atoms with E-state index in [1.54, 1.807) is 17.8 Å². The maximum atomic E-state index is 12.2. The predicted octanol–water partition coefficient (Wildman–Crippen LogP) is 3.69. The first-order chi connectivity index (χ1) is 8.81. The first-order valence-electron chi connectivity index (χ1n) is 6.01. The van der Waals surface area contributed by atoms with Gasteiger partial charge >= 0.3 is 6.36 Å². The zero-order valence-corrected chi connectivity index (χ0v) is 11.2. The van der Waals surface area contributed by atoms with Crippen molar-refractivity contribution in [1.29, 1.82) is 0 Å². The molecule has 106 valence electrons. The molecule has 1 N–H and O–H groups in total. The van der Waals surface area contributed by atoms with Gasteiger partial charge in [0.2, 0.25) is 0 Å². The molecule has 6 heteroatoms. The lowest BCUT2D eigenvalue weighted by Crippen LogP contribution is -2.38. The fourth-order valence-corrected chi connectivity index (χ4v) is 3.48. The van der Waals surface area contributed by atoms with Crippen molar-refractivity contribution in [1.82, 2.24) is 0 Å². The van der Waals surface area contributed by atoms with Crippen LogP contribution in [0.25, 0.3) is 0 Å². The summed E-state index contributed by atoms with van der Waals surface area (Å²) in [5.74, 6) is 0.670. The van der Waals surface area contributed by atoms with Crippen molar-refractivity contribution >= 4 is 11.8 Å². The Morgan fingerprint density at radius 1 is 1.42 bits per heavy atom. The fraction of sp³-hybridized carbons (Fsp3) is 0.538. The third kappa shape index (κ3) is 3.36. The van der Waals surface area contributed by atoms with Gasteiger partial charge in [-0.05, 0) is 36.3 Å². The maximum absolute atomic E-state index is 12.2. The van der Waals surface area contributed by atoms with Crippen LogP contribution in [0.15, 0.2) is 24.3 Å². The van der Waals surface area contributed by atoms with Gasteiger partial charge in [-0.3, -0.25) is 0 Å². The summed E-state index contributed by atoms with van der Waals surface area (Å²) in [6, 6.07) is 5.63. The maximum Gasteiger partial charge on any atom is 0.573 e. The fourth-order valence-electron chi connectivity index (χ4n) is 2.28. The van der Waals surface area contributed by atoms with E-state index in [0.717, 1.165) is 12.2 Å². The number of ether oxygens (including phenoxy) is 1. The molecule has 0 radical (unpaired) electrons. The van der Waals surface area contributed by atoms with Gasteiger partial charge < -0.3 is 9.84 Å². The SMILES string of the molecule is CC1SCCCC1(O)c1cccc(OC(F)(F)F)c1. The van der Waals surface area contributed by atoms with Gasteiger partial charge in [-0.25, -0.2) is 0 Å². The van der Waals surface area contributed by atoms with Crippen molar-refractivity contribution in [2.45, 2.75) is 37.0 Å². The zero-order valence-electron chi connectivity index (χ0n) is 10.4. The number of rotatable bonds is 2. The minimum atomic E-state index is -4.71. The van der Waals surface area contributed by atoms with Gasteiger partial charge in [0.15, 0.2) is 0 Å². The summed E-state index contributed by atoms with van der Waals surface area (Å²) in [5, 5.41) is 10.6. The van der Waals surface area contributed by atoms with E-state index in [-0.39, 0.29) is 11.0 Å². The van der Waals surface area contributed by atoms with Crippen LogP contribution in [0.2, 0.25) is 0 Å². The second kappa shape index (κ2) is 5.25.